The Morgan fingerprint density at radius 2 is 2.12 bits per heavy atom. The standard InChI is InChI=1S/C13H27N3O/c1-4-12(13(17)15-14)16-8-5-6-11(7-9-16)10(2)3/h10-12H,4-9,14H2,1-3H3,(H,15,17). The van der Waals surface area contributed by atoms with Gasteiger partial charge < -0.3 is 0 Å². The molecule has 17 heavy (non-hydrogen) atoms. The lowest BCUT2D eigenvalue weighted by atomic mass is 9.89. The average molecular weight is 241 g/mol. The summed E-state index contributed by atoms with van der Waals surface area (Å²) in [6.45, 7) is 8.68. The van der Waals surface area contributed by atoms with Gasteiger partial charge in [-0.1, -0.05) is 20.8 Å². The van der Waals surface area contributed by atoms with Crippen LogP contribution in [-0.4, -0.2) is 29.9 Å². The fourth-order valence-electron chi connectivity index (χ4n) is 2.83. The fraction of sp³-hybridized carbons (Fsp3) is 0.923. The first-order chi connectivity index (χ1) is 8.10. The van der Waals surface area contributed by atoms with Crippen LogP contribution in [0.4, 0.5) is 0 Å². The number of nitrogens with zero attached hydrogens (tertiary/aromatic N) is 1. The summed E-state index contributed by atoms with van der Waals surface area (Å²) in [7, 11) is 0. The topological polar surface area (TPSA) is 58.4 Å². The molecule has 0 aromatic carbocycles. The first-order valence-electron chi connectivity index (χ1n) is 6.84. The normalized spacial score (nSPS) is 24.4. The molecule has 100 valence electrons. The number of rotatable bonds is 4. The van der Waals surface area contributed by atoms with Crippen molar-refractivity contribution >= 4 is 5.91 Å². The van der Waals surface area contributed by atoms with E-state index in [4.69, 9.17) is 5.84 Å². The maximum atomic E-state index is 11.7. The summed E-state index contributed by atoms with van der Waals surface area (Å²) >= 11 is 0. The highest BCUT2D eigenvalue weighted by Gasteiger charge is 2.27. The molecular weight excluding hydrogens is 214 g/mol. The molecule has 2 unspecified atom stereocenters. The maximum absolute atomic E-state index is 11.7. The molecular formula is C13H27N3O. The summed E-state index contributed by atoms with van der Waals surface area (Å²) < 4.78 is 0. The summed E-state index contributed by atoms with van der Waals surface area (Å²) in [4.78, 5) is 14.0. The molecule has 1 amide bonds. The van der Waals surface area contributed by atoms with Crippen LogP contribution < -0.4 is 11.3 Å². The predicted molar refractivity (Wildman–Crippen MR) is 70.2 cm³/mol. The summed E-state index contributed by atoms with van der Waals surface area (Å²) in [5.74, 6) is 6.75. The van der Waals surface area contributed by atoms with Gasteiger partial charge in [-0.2, -0.15) is 0 Å². The van der Waals surface area contributed by atoms with Gasteiger partial charge in [-0.3, -0.25) is 15.1 Å². The lowest BCUT2D eigenvalue weighted by Gasteiger charge is -2.28. The minimum Gasteiger partial charge on any atom is -0.293 e. The van der Waals surface area contributed by atoms with Crippen molar-refractivity contribution in [3.05, 3.63) is 0 Å². The number of carbonyl (C=O) groups is 1. The summed E-state index contributed by atoms with van der Waals surface area (Å²) in [6, 6.07) is -0.0501. The first-order valence-corrected chi connectivity index (χ1v) is 6.84. The molecule has 0 bridgehead atoms. The Hall–Kier alpha value is -0.610. The van der Waals surface area contributed by atoms with Gasteiger partial charge in [0.25, 0.3) is 5.91 Å². The van der Waals surface area contributed by atoms with Crippen LogP contribution in [0, 0.1) is 11.8 Å². The van der Waals surface area contributed by atoms with Crippen molar-refractivity contribution in [2.75, 3.05) is 13.1 Å². The van der Waals surface area contributed by atoms with Crippen LogP contribution in [0.2, 0.25) is 0 Å². The van der Waals surface area contributed by atoms with Gasteiger partial charge in [0.1, 0.15) is 0 Å². The first kappa shape index (κ1) is 14.5. The Morgan fingerprint density at radius 3 is 2.65 bits per heavy atom. The molecule has 1 fully saturated rings. The zero-order chi connectivity index (χ0) is 12.8. The van der Waals surface area contributed by atoms with Gasteiger partial charge in [-0.15, -0.1) is 0 Å². The molecule has 0 spiro atoms. The van der Waals surface area contributed by atoms with Crippen molar-refractivity contribution in [1.29, 1.82) is 0 Å². The van der Waals surface area contributed by atoms with Crippen molar-refractivity contribution in [2.24, 2.45) is 17.7 Å². The second kappa shape index (κ2) is 6.97. The molecule has 4 nitrogen and oxygen atoms in total. The number of amides is 1. The van der Waals surface area contributed by atoms with E-state index in [0.29, 0.717) is 0 Å². The molecule has 2 atom stereocenters. The molecule has 1 saturated heterocycles. The number of hydrogen-bond acceptors (Lipinski definition) is 3. The highest BCUT2D eigenvalue weighted by atomic mass is 16.2. The van der Waals surface area contributed by atoms with Crippen LogP contribution >= 0.6 is 0 Å². The lowest BCUT2D eigenvalue weighted by molar-refractivity contribution is -0.126. The van der Waals surface area contributed by atoms with Gasteiger partial charge in [-0.25, -0.2) is 5.84 Å². The van der Waals surface area contributed by atoms with Gasteiger partial charge in [0.15, 0.2) is 0 Å². The highest BCUT2D eigenvalue weighted by molar-refractivity contribution is 5.81. The van der Waals surface area contributed by atoms with Crippen molar-refractivity contribution in [2.45, 2.75) is 52.5 Å². The zero-order valence-electron chi connectivity index (χ0n) is 11.4. The molecule has 1 aliphatic heterocycles. The number of carbonyl (C=O) groups excluding carboxylic acids is 1. The molecule has 1 heterocycles. The van der Waals surface area contributed by atoms with Crippen LogP contribution in [0.5, 0.6) is 0 Å². The quantitative estimate of drug-likeness (QED) is 0.445. The molecule has 0 aromatic heterocycles. The van der Waals surface area contributed by atoms with E-state index in [9.17, 15) is 4.79 Å². The summed E-state index contributed by atoms with van der Waals surface area (Å²) in [6.07, 6.45) is 4.51. The smallest absolute Gasteiger partial charge is 0.251 e. The molecule has 0 saturated carbocycles. The predicted octanol–water partition coefficient (Wildman–Crippen LogP) is 1.51. The molecule has 0 radical (unpaired) electrons. The average Bonchev–Trinajstić information content (AvgIpc) is 2.55. The van der Waals surface area contributed by atoms with Crippen LogP contribution in [-0.2, 0) is 4.79 Å². The third-order valence-corrected chi connectivity index (χ3v) is 4.02. The summed E-state index contributed by atoms with van der Waals surface area (Å²) in [5.41, 5.74) is 2.29. The number of likely N-dealkylation sites (tertiary alicyclic amines) is 1. The zero-order valence-corrected chi connectivity index (χ0v) is 11.4. The largest absolute Gasteiger partial charge is 0.293 e. The molecule has 0 aromatic rings. The van der Waals surface area contributed by atoms with Gasteiger partial charge in [0.05, 0.1) is 6.04 Å². The maximum Gasteiger partial charge on any atom is 0.251 e. The molecule has 3 N–H and O–H groups in total. The second-order valence-corrected chi connectivity index (χ2v) is 5.40. The van der Waals surface area contributed by atoms with Crippen molar-refractivity contribution in [3.63, 3.8) is 0 Å². The highest BCUT2D eigenvalue weighted by Crippen LogP contribution is 2.25. The number of nitrogens with one attached hydrogen (secondary N) is 1. The molecule has 4 heteroatoms. The summed E-state index contributed by atoms with van der Waals surface area (Å²) in [5, 5.41) is 0. The van der Waals surface area contributed by atoms with Gasteiger partial charge >= 0.3 is 0 Å². The second-order valence-electron chi connectivity index (χ2n) is 5.40. The molecule has 0 aliphatic carbocycles. The SMILES string of the molecule is CCC(C(=O)NN)N1CCCC(C(C)C)CC1. The van der Waals surface area contributed by atoms with Gasteiger partial charge in [0, 0.05) is 0 Å². The fourth-order valence-corrected chi connectivity index (χ4v) is 2.83. The van der Waals surface area contributed by atoms with Crippen molar-refractivity contribution in [3.8, 4) is 0 Å². The van der Waals surface area contributed by atoms with Crippen LogP contribution in [0.1, 0.15) is 46.5 Å². The van der Waals surface area contributed by atoms with E-state index in [1.165, 1.54) is 19.3 Å². The monoisotopic (exact) mass is 241 g/mol. The van der Waals surface area contributed by atoms with Crippen molar-refractivity contribution < 1.29 is 4.79 Å². The lowest BCUT2D eigenvalue weighted by Crippen LogP contribution is -2.49. The number of nitrogens with two attached hydrogens (primary N) is 1. The van der Waals surface area contributed by atoms with Crippen LogP contribution in [0.15, 0.2) is 0 Å². The number of hydrazine groups is 1. The van der Waals surface area contributed by atoms with Crippen molar-refractivity contribution in [1.82, 2.24) is 10.3 Å². The minimum absolute atomic E-state index is 0.0458. The Kier molecular flexibility index (Phi) is 5.92. The van der Waals surface area contributed by atoms with E-state index >= 15 is 0 Å². The Labute approximate surface area is 105 Å². The van der Waals surface area contributed by atoms with Crippen LogP contribution in [0.25, 0.3) is 0 Å². The minimum atomic E-state index is -0.0501. The third kappa shape index (κ3) is 3.96. The van der Waals surface area contributed by atoms with E-state index in [0.717, 1.165) is 31.3 Å². The van der Waals surface area contributed by atoms with E-state index < -0.39 is 0 Å². The van der Waals surface area contributed by atoms with E-state index in [1.807, 2.05) is 6.92 Å². The van der Waals surface area contributed by atoms with Crippen LogP contribution in [0.3, 0.4) is 0 Å². The molecule has 1 rings (SSSR count). The van der Waals surface area contributed by atoms with E-state index in [-0.39, 0.29) is 11.9 Å². The Morgan fingerprint density at radius 1 is 1.41 bits per heavy atom. The third-order valence-electron chi connectivity index (χ3n) is 4.02. The van der Waals surface area contributed by atoms with E-state index in [2.05, 4.69) is 24.2 Å². The van der Waals surface area contributed by atoms with E-state index in [1.54, 1.807) is 0 Å². The van der Waals surface area contributed by atoms with Gasteiger partial charge in [0.2, 0.25) is 0 Å². The number of hydrogen-bond donors (Lipinski definition) is 2. The Bertz CT molecular complexity index is 243. The Balaban J connectivity index is 2.57. The molecule has 1 aliphatic rings. The van der Waals surface area contributed by atoms with Gasteiger partial charge in [-0.05, 0) is 50.6 Å².